The number of hydrogen-bond acceptors (Lipinski definition) is 3. The molecule has 0 bridgehead atoms. The number of benzene rings is 1. The van der Waals surface area contributed by atoms with Gasteiger partial charge in [0.2, 0.25) is 0 Å². The van der Waals surface area contributed by atoms with Gasteiger partial charge in [-0.25, -0.2) is 8.42 Å². The van der Waals surface area contributed by atoms with Crippen molar-refractivity contribution in [2.24, 2.45) is 5.41 Å². The van der Waals surface area contributed by atoms with E-state index in [1.54, 1.807) is 0 Å². The number of rotatable bonds is 3. The Kier molecular flexibility index (Phi) is 4.02. The highest BCUT2D eigenvalue weighted by Crippen LogP contribution is 2.45. The van der Waals surface area contributed by atoms with Crippen LogP contribution in [0, 0.1) is 5.41 Å². The molecule has 8 heteroatoms. The van der Waals surface area contributed by atoms with Crippen LogP contribution in [0.3, 0.4) is 0 Å². The van der Waals surface area contributed by atoms with Crippen molar-refractivity contribution in [2.75, 3.05) is 0 Å². The summed E-state index contributed by atoms with van der Waals surface area (Å²) in [6.45, 7) is 4.04. The lowest BCUT2D eigenvalue weighted by molar-refractivity contribution is 0.0946. The predicted molar refractivity (Wildman–Crippen MR) is 79.2 cm³/mol. The molecule has 4 nitrogen and oxygen atoms in total. The fourth-order valence-electron chi connectivity index (χ4n) is 1.86. The van der Waals surface area contributed by atoms with Gasteiger partial charge in [0.25, 0.3) is 15.0 Å². The van der Waals surface area contributed by atoms with Crippen molar-refractivity contribution in [1.82, 2.24) is 5.32 Å². The fourth-order valence-corrected chi connectivity index (χ4v) is 3.71. The maximum absolute atomic E-state index is 12.1. The van der Waals surface area contributed by atoms with Crippen molar-refractivity contribution in [3.05, 3.63) is 27.7 Å². The van der Waals surface area contributed by atoms with E-state index in [0.29, 0.717) is 0 Å². The molecule has 110 valence electrons. The van der Waals surface area contributed by atoms with Crippen LogP contribution in [0.5, 0.6) is 0 Å². The molecule has 0 aromatic heterocycles. The van der Waals surface area contributed by atoms with Crippen LogP contribution in [0.1, 0.15) is 30.6 Å². The molecule has 0 radical (unpaired) electrons. The molecule has 1 saturated carbocycles. The second-order valence-corrected chi connectivity index (χ2v) is 8.77. The molecule has 0 heterocycles. The SMILES string of the molecule is CC1(C)CC1NC(=O)c1cc(Cl)cc(S(=O)(=O)Cl)c1Cl. The molecule has 1 aliphatic rings. The first kappa shape index (κ1) is 15.9. The smallest absolute Gasteiger partial charge is 0.262 e. The fraction of sp³-hybridized carbons (Fsp3) is 0.417. The molecular formula is C12H12Cl3NO3S. The summed E-state index contributed by atoms with van der Waals surface area (Å²) in [7, 11) is 1.20. The highest BCUT2D eigenvalue weighted by molar-refractivity contribution is 8.13. The Labute approximate surface area is 131 Å². The van der Waals surface area contributed by atoms with Crippen LogP contribution in [0.25, 0.3) is 0 Å². The van der Waals surface area contributed by atoms with Crippen LogP contribution in [-0.2, 0) is 9.05 Å². The Morgan fingerprint density at radius 2 is 1.90 bits per heavy atom. The number of nitrogens with one attached hydrogen (secondary N) is 1. The van der Waals surface area contributed by atoms with Crippen LogP contribution in [-0.4, -0.2) is 20.4 Å². The number of carbonyl (C=O) groups is 1. The molecule has 1 fully saturated rings. The second-order valence-electron chi connectivity index (χ2n) is 5.42. The standard InChI is InChI=1S/C12H12Cl3NO3S/c1-12(2)5-9(12)16-11(17)7-3-6(13)4-8(10(7)14)20(15,18)19/h3-4,9H,5H2,1-2H3,(H,16,17). The molecule has 1 aliphatic carbocycles. The number of hydrogen-bond donors (Lipinski definition) is 1. The quantitative estimate of drug-likeness (QED) is 0.844. The van der Waals surface area contributed by atoms with E-state index in [1.165, 1.54) is 6.07 Å². The maximum Gasteiger partial charge on any atom is 0.262 e. The largest absolute Gasteiger partial charge is 0.349 e. The van der Waals surface area contributed by atoms with Crippen LogP contribution in [0.15, 0.2) is 17.0 Å². The third kappa shape index (κ3) is 3.22. The molecular weight excluding hydrogens is 345 g/mol. The van der Waals surface area contributed by atoms with E-state index in [9.17, 15) is 13.2 Å². The Morgan fingerprint density at radius 1 is 1.35 bits per heavy atom. The van der Waals surface area contributed by atoms with Crippen molar-refractivity contribution in [1.29, 1.82) is 0 Å². The van der Waals surface area contributed by atoms with Crippen molar-refractivity contribution in [2.45, 2.75) is 31.2 Å². The van der Waals surface area contributed by atoms with Gasteiger partial charge >= 0.3 is 0 Å². The Hall–Kier alpha value is -0.490. The molecule has 1 atom stereocenters. The molecule has 0 saturated heterocycles. The Balaban J connectivity index is 2.37. The lowest BCUT2D eigenvalue weighted by Gasteiger charge is -2.10. The monoisotopic (exact) mass is 355 g/mol. The van der Waals surface area contributed by atoms with Crippen LogP contribution in [0.2, 0.25) is 10.0 Å². The van der Waals surface area contributed by atoms with Gasteiger partial charge in [-0.05, 0) is 24.0 Å². The van der Waals surface area contributed by atoms with E-state index >= 15 is 0 Å². The van der Waals surface area contributed by atoms with Crippen molar-refractivity contribution >= 4 is 48.8 Å². The first-order valence-electron chi connectivity index (χ1n) is 5.77. The molecule has 1 aromatic carbocycles. The van der Waals surface area contributed by atoms with Gasteiger partial charge in [-0.15, -0.1) is 0 Å². The van der Waals surface area contributed by atoms with Crippen molar-refractivity contribution in [3.8, 4) is 0 Å². The molecule has 2 rings (SSSR count). The lowest BCUT2D eigenvalue weighted by Crippen LogP contribution is -2.28. The average Bonchev–Trinajstić information content (AvgIpc) is 2.87. The van der Waals surface area contributed by atoms with Crippen LogP contribution < -0.4 is 5.32 Å². The predicted octanol–water partition coefficient (Wildman–Crippen LogP) is 3.45. The van der Waals surface area contributed by atoms with Gasteiger partial charge in [-0.2, -0.15) is 0 Å². The van der Waals surface area contributed by atoms with Crippen molar-refractivity contribution in [3.63, 3.8) is 0 Å². The number of halogens is 3. The van der Waals surface area contributed by atoms with E-state index < -0.39 is 15.0 Å². The van der Waals surface area contributed by atoms with Gasteiger partial charge in [0, 0.05) is 21.7 Å². The van der Waals surface area contributed by atoms with Gasteiger partial charge in [0.1, 0.15) is 4.90 Å². The zero-order valence-corrected chi connectivity index (χ0v) is 13.8. The van der Waals surface area contributed by atoms with E-state index in [-0.39, 0.29) is 32.0 Å². The summed E-state index contributed by atoms with van der Waals surface area (Å²) in [5.41, 5.74) is 0.0448. The second kappa shape index (κ2) is 5.05. The van der Waals surface area contributed by atoms with E-state index in [1.807, 2.05) is 13.8 Å². The maximum atomic E-state index is 12.1. The number of amides is 1. The molecule has 0 spiro atoms. The van der Waals surface area contributed by atoms with Crippen LogP contribution in [0.4, 0.5) is 0 Å². The molecule has 1 aromatic rings. The summed E-state index contributed by atoms with van der Waals surface area (Å²) in [5.74, 6) is -0.463. The van der Waals surface area contributed by atoms with Gasteiger partial charge in [-0.1, -0.05) is 37.0 Å². The molecule has 20 heavy (non-hydrogen) atoms. The minimum absolute atomic E-state index is 0.00101. The Morgan fingerprint density at radius 3 is 2.35 bits per heavy atom. The molecule has 0 aliphatic heterocycles. The molecule has 1 unspecified atom stereocenters. The van der Waals surface area contributed by atoms with E-state index in [4.69, 9.17) is 33.9 Å². The summed E-state index contributed by atoms with van der Waals surface area (Å²) >= 11 is 11.8. The first-order chi connectivity index (χ1) is 9.02. The zero-order chi connectivity index (χ0) is 15.3. The summed E-state index contributed by atoms with van der Waals surface area (Å²) < 4.78 is 22.8. The third-order valence-electron chi connectivity index (χ3n) is 3.33. The Bertz CT molecular complexity index is 685. The highest BCUT2D eigenvalue weighted by atomic mass is 35.7. The van der Waals surface area contributed by atoms with Gasteiger partial charge in [0.05, 0.1) is 10.6 Å². The van der Waals surface area contributed by atoms with Gasteiger partial charge < -0.3 is 5.32 Å². The molecule has 1 N–H and O–H groups in total. The topological polar surface area (TPSA) is 63.2 Å². The first-order valence-corrected chi connectivity index (χ1v) is 8.83. The summed E-state index contributed by atoms with van der Waals surface area (Å²) in [6.07, 6.45) is 0.859. The summed E-state index contributed by atoms with van der Waals surface area (Å²) in [4.78, 5) is 11.8. The molecule has 1 amide bonds. The van der Waals surface area contributed by atoms with Crippen LogP contribution >= 0.6 is 33.9 Å². The van der Waals surface area contributed by atoms with Crippen molar-refractivity contribution < 1.29 is 13.2 Å². The highest BCUT2D eigenvalue weighted by Gasteiger charge is 2.46. The minimum atomic E-state index is -4.07. The summed E-state index contributed by atoms with van der Waals surface area (Å²) in [6, 6.07) is 2.48. The number of carbonyl (C=O) groups excluding carboxylic acids is 1. The minimum Gasteiger partial charge on any atom is -0.349 e. The van der Waals surface area contributed by atoms with E-state index in [2.05, 4.69) is 5.32 Å². The lowest BCUT2D eigenvalue weighted by atomic mass is 10.1. The normalized spacial score (nSPS) is 20.6. The van der Waals surface area contributed by atoms with Gasteiger partial charge in [-0.3, -0.25) is 4.79 Å². The van der Waals surface area contributed by atoms with Gasteiger partial charge in [0.15, 0.2) is 0 Å². The summed E-state index contributed by atoms with van der Waals surface area (Å²) in [5, 5.41) is 2.64. The third-order valence-corrected chi connectivity index (χ3v) is 5.41. The van der Waals surface area contributed by atoms with E-state index in [0.717, 1.165) is 12.5 Å². The zero-order valence-electron chi connectivity index (χ0n) is 10.7. The average molecular weight is 357 g/mol.